The molecule has 18 heavy (non-hydrogen) atoms. The number of nitrogens with one attached hydrogen (secondary N) is 1. The van der Waals surface area contributed by atoms with Gasteiger partial charge in [-0.25, -0.2) is 4.79 Å². The number of carboxylic acid groups (broad SMARTS) is 1. The average molecular weight is 250 g/mol. The number of hydrogen-bond donors (Lipinski definition) is 2. The van der Waals surface area contributed by atoms with Crippen LogP contribution in [-0.4, -0.2) is 42.0 Å². The zero-order valence-electron chi connectivity index (χ0n) is 10.9. The molecule has 0 spiro atoms. The fraction of sp³-hybridized carbons (Fsp3) is 0.385. The van der Waals surface area contributed by atoms with Gasteiger partial charge in [-0.3, -0.25) is 4.79 Å². The van der Waals surface area contributed by atoms with E-state index < -0.39 is 5.97 Å². The van der Waals surface area contributed by atoms with Crippen molar-refractivity contribution < 1.29 is 14.7 Å². The van der Waals surface area contributed by atoms with E-state index in [1.54, 1.807) is 24.1 Å². The summed E-state index contributed by atoms with van der Waals surface area (Å²) in [5.41, 5.74) is 1.59. The van der Waals surface area contributed by atoms with E-state index in [-0.39, 0.29) is 18.0 Å². The number of anilines is 1. The van der Waals surface area contributed by atoms with Crippen molar-refractivity contribution in [1.82, 2.24) is 4.90 Å². The Morgan fingerprint density at radius 2 is 2.06 bits per heavy atom. The van der Waals surface area contributed by atoms with Crippen LogP contribution >= 0.6 is 0 Å². The van der Waals surface area contributed by atoms with Gasteiger partial charge in [0.25, 0.3) is 0 Å². The first-order chi connectivity index (χ1) is 8.45. The van der Waals surface area contributed by atoms with Gasteiger partial charge in [0.15, 0.2) is 0 Å². The zero-order valence-corrected chi connectivity index (χ0v) is 10.9. The number of carboxylic acids is 1. The number of hydrogen-bond acceptors (Lipinski definition) is 3. The van der Waals surface area contributed by atoms with Gasteiger partial charge in [-0.15, -0.1) is 0 Å². The maximum atomic E-state index is 11.6. The number of aryl methyl sites for hydroxylation is 1. The highest BCUT2D eigenvalue weighted by atomic mass is 16.4. The van der Waals surface area contributed by atoms with Crippen LogP contribution in [0, 0.1) is 6.92 Å². The second kappa shape index (κ2) is 6.05. The van der Waals surface area contributed by atoms with Gasteiger partial charge < -0.3 is 15.3 Å². The summed E-state index contributed by atoms with van der Waals surface area (Å²) in [6, 6.07) is 4.99. The van der Waals surface area contributed by atoms with Gasteiger partial charge in [0.05, 0.1) is 12.1 Å². The van der Waals surface area contributed by atoms with E-state index in [0.29, 0.717) is 12.2 Å². The maximum Gasteiger partial charge on any atom is 0.337 e. The molecule has 1 aromatic carbocycles. The van der Waals surface area contributed by atoms with Gasteiger partial charge in [0, 0.05) is 19.3 Å². The van der Waals surface area contributed by atoms with E-state index in [1.165, 1.54) is 6.07 Å². The third-order valence-electron chi connectivity index (χ3n) is 2.74. The van der Waals surface area contributed by atoms with Gasteiger partial charge in [-0.2, -0.15) is 0 Å². The molecule has 0 bridgehead atoms. The van der Waals surface area contributed by atoms with E-state index in [9.17, 15) is 9.59 Å². The van der Waals surface area contributed by atoms with Crippen LogP contribution in [0.15, 0.2) is 18.2 Å². The summed E-state index contributed by atoms with van der Waals surface area (Å²) in [6.45, 7) is 4.47. The SMILES string of the molecule is CCN(C)C(=O)CNc1cc(C)ccc1C(=O)O. The fourth-order valence-electron chi connectivity index (χ4n) is 1.47. The van der Waals surface area contributed by atoms with Gasteiger partial charge in [0.2, 0.25) is 5.91 Å². The molecule has 98 valence electrons. The van der Waals surface area contributed by atoms with E-state index >= 15 is 0 Å². The lowest BCUT2D eigenvalue weighted by molar-refractivity contribution is -0.127. The summed E-state index contributed by atoms with van der Waals surface area (Å²) in [5.74, 6) is -1.08. The highest BCUT2D eigenvalue weighted by Crippen LogP contribution is 2.17. The number of amides is 1. The smallest absolute Gasteiger partial charge is 0.337 e. The standard InChI is InChI=1S/C13H18N2O3/c1-4-15(3)12(16)8-14-11-7-9(2)5-6-10(11)13(17)18/h5-7,14H,4,8H2,1-3H3,(H,17,18). The van der Waals surface area contributed by atoms with Crippen molar-refractivity contribution in [2.24, 2.45) is 0 Å². The molecule has 0 fully saturated rings. The Balaban J connectivity index is 2.81. The monoisotopic (exact) mass is 250 g/mol. The number of nitrogens with zero attached hydrogens (tertiary/aromatic N) is 1. The molecule has 1 aromatic rings. The number of rotatable bonds is 5. The van der Waals surface area contributed by atoms with Crippen molar-refractivity contribution in [2.75, 3.05) is 25.5 Å². The van der Waals surface area contributed by atoms with E-state index in [1.807, 2.05) is 13.8 Å². The van der Waals surface area contributed by atoms with Crippen LogP contribution in [0.3, 0.4) is 0 Å². The molecule has 0 aromatic heterocycles. The second-order valence-electron chi connectivity index (χ2n) is 4.12. The summed E-state index contributed by atoms with van der Waals surface area (Å²) < 4.78 is 0. The largest absolute Gasteiger partial charge is 0.478 e. The molecule has 0 unspecified atom stereocenters. The molecule has 0 aliphatic heterocycles. The van der Waals surface area contributed by atoms with Crippen molar-refractivity contribution in [3.8, 4) is 0 Å². The van der Waals surface area contributed by atoms with Gasteiger partial charge in [-0.05, 0) is 31.5 Å². The third kappa shape index (κ3) is 3.48. The first-order valence-corrected chi connectivity index (χ1v) is 5.77. The maximum absolute atomic E-state index is 11.6. The molecule has 1 rings (SSSR count). The topological polar surface area (TPSA) is 69.6 Å². The summed E-state index contributed by atoms with van der Waals surface area (Å²) in [6.07, 6.45) is 0. The quantitative estimate of drug-likeness (QED) is 0.832. The van der Waals surface area contributed by atoms with Crippen molar-refractivity contribution in [2.45, 2.75) is 13.8 Å². The molecule has 0 atom stereocenters. The Hall–Kier alpha value is -2.04. The molecule has 0 saturated heterocycles. The lowest BCUT2D eigenvalue weighted by Gasteiger charge is -2.16. The minimum absolute atomic E-state index is 0.0738. The molecule has 1 amide bonds. The minimum atomic E-state index is -1.01. The highest BCUT2D eigenvalue weighted by Gasteiger charge is 2.12. The minimum Gasteiger partial charge on any atom is -0.478 e. The van der Waals surface area contributed by atoms with Crippen molar-refractivity contribution in [3.05, 3.63) is 29.3 Å². The number of benzene rings is 1. The molecule has 0 radical (unpaired) electrons. The summed E-state index contributed by atoms with van der Waals surface area (Å²) in [5, 5.41) is 11.9. The van der Waals surface area contributed by atoms with E-state index in [4.69, 9.17) is 5.11 Å². The van der Waals surface area contributed by atoms with Crippen LogP contribution in [0.5, 0.6) is 0 Å². The highest BCUT2D eigenvalue weighted by molar-refractivity contribution is 5.95. The zero-order chi connectivity index (χ0) is 13.7. The lowest BCUT2D eigenvalue weighted by atomic mass is 10.1. The summed E-state index contributed by atoms with van der Waals surface area (Å²) in [4.78, 5) is 24.2. The number of carbonyl (C=O) groups is 2. The molecular formula is C13H18N2O3. The third-order valence-corrected chi connectivity index (χ3v) is 2.74. The van der Waals surface area contributed by atoms with Crippen molar-refractivity contribution in [3.63, 3.8) is 0 Å². The van der Waals surface area contributed by atoms with E-state index in [0.717, 1.165) is 5.56 Å². The molecule has 5 heteroatoms. The summed E-state index contributed by atoms with van der Waals surface area (Å²) >= 11 is 0. The summed E-state index contributed by atoms with van der Waals surface area (Å²) in [7, 11) is 1.71. The number of aromatic carboxylic acids is 1. The first-order valence-electron chi connectivity index (χ1n) is 5.77. The number of likely N-dealkylation sites (N-methyl/N-ethyl adjacent to an activating group) is 1. The van der Waals surface area contributed by atoms with Gasteiger partial charge in [0.1, 0.15) is 0 Å². The fourth-order valence-corrected chi connectivity index (χ4v) is 1.47. The Labute approximate surface area is 106 Å². The lowest BCUT2D eigenvalue weighted by Crippen LogP contribution is -2.32. The second-order valence-corrected chi connectivity index (χ2v) is 4.12. The van der Waals surface area contributed by atoms with Crippen LogP contribution in [0.2, 0.25) is 0 Å². The normalized spacial score (nSPS) is 9.94. The van der Waals surface area contributed by atoms with Crippen LogP contribution in [0.1, 0.15) is 22.8 Å². The Morgan fingerprint density at radius 1 is 1.39 bits per heavy atom. The van der Waals surface area contributed by atoms with Crippen LogP contribution in [0.4, 0.5) is 5.69 Å². The van der Waals surface area contributed by atoms with Gasteiger partial charge >= 0.3 is 5.97 Å². The molecular weight excluding hydrogens is 232 g/mol. The molecule has 0 saturated carbocycles. The molecule has 0 aliphatic carbocycles. The predicted octanol–water partition coefficient (Wildman–Crippen LogP) is 1.58. The number of carbonyl (C=O) groups excluding carboxylic acids is 1. The van der Waals surface area contributed by atoms with Crippen LogP contribution in [-0.2, 0) is 4.79 Å². The Kier molecular flexibility index (Phi) is 4.71. The van der Waals surface area contributed by atoms with Crippen LogP contribution < -0.4 is 5.32 Å². The van der Waals surface area contributed by atoms with E-state index in [2.05, 4.69) is 5.32 Å². The van der Waals surface area contributed by atoms with Crippen LogP contribution in [0.25, 0.3) is 0 Å². The molecule has 2 N–H and O–H groups in total. The predicted molar refractivity (Wildman–Crippen MR) is 69.9 cm³/mol. The molecule has 5 nitrogen and oxygen atoms in total. The van der Waals surface area contributed by atoms with Crippen molar-refractivity contribution in [1.29, 1.82) is 0 Å². The Bertz CT molecular complexity index is 458. The molecule has 0 heterocycles. The Morgan fingerprint density at radius 3 is 2.61 bits per heavy atom. The average Bonchev–Trinajstić information content (AvgIpc) is 2.34. The van der Waals surface area contributed by atoms with Gasteiger partial charge in [-0.1, -0.05) is 6.07 Å². The molecule has 0 aliphatic rings. The first kappa shape index (κ1) is 14.0. The van der Waals surface area contributed by atoms with Crippen molar-refractivity contribution >= 4 is 17.6 Å².